The van der Waals surface area contributed by atoms with Crippen LogP contribution in [-0.4, -0.2) is 44.0 Å². The molecule has 0 aromatic heterocycles. The molecular formula is C12H18N2O4. The van der Waals surface area contributed by atoms with E-state index < -0.39 is 0 Å². The summed E-state index contributed by atoms with van der Waals surface area (Å²) < 4.78 is 10.2. The average Bonchev–Trinajstić information content (AvgIpc) is 2.37. The minimum Gasteiger partial charge on any atom is -0.482 e. The number of aliphatic hydroxyl groups is 1. The van der Waals surface area contributed by atoms with Crippen molar-refractivity contribution in [3.63, 3.8) is 0 Å². The molecule has 18 heavy (non-hydrogen) atoms. The smallest absolute Gasteiger partial charge is 0.258 e. The molecule has 4 N–H and O–H groups in total. The molecule has 0 saturated heterocycles. The number of anilines is 1. The molecule has 0 heterocycles. The monoisotopic (exact) mass is 254 g/mol. The number of aliphatic hydroxyl groups excluding tert-OH is 1. The number of hydrogen-bond acceptors (Lipinski definition) is 5. The van der Waals surface area contributed by atoms with Crippen LogP contribution in [0.3, 0.4) is 0 Å². The number of nitrogens with one attached hydrogen (secondary N) is 1. The summed E-state index contributed by atoms with van der Waals surface area (Å²) in [5.74, 6) is 0.245. The van der Waals surface area contributed by atoms with Gasteiger partial charge in [0.15, 0.2) is 6.61 Å². The molecule has 0 fully saturated rings. The number of carbonyl (C=O) groups excluding carboxylic acids is 1. The van der Waals surface area contributed by atoms with Gasteiger partial charge in [-0.15, -0.1) is 0 Å². The fourth-order valence-electron chi connectivity index (χ4n) is 1.24. The van der Waals surface area contributed by atoms with Crippen molar-refractivity contribution >= 4 is 11.6 Å². The average molecular weight is 254 g/mol. The molecule has 0 bridgehead atoms. The van der Waals surface area contributed by atoms with Crippen LogP contribution in [0.1, 0.15) is 0 Å². The van der Waals surface area contributed by atoms with Crippen molar-refractivity contribution in [3.8, 4) is 5.75 Å². The van der Waals surface area contributed by atoms with E-state index in [2.05, 4.69) is 5.32 Å². The molecule has 0 atom stereocenters. The van der Waals surface area contributed by atoms with Crippen LogP contribution in [-0.2, 0) is 9.53 Å². The third-order valence-corrected chi connectivity index (χ3v) is 2.08. The number of rotatable bonds is 8. The molecule has 6 heteroatoms. The number of para-hydroxylation sites is 2. The van der Waals surface area contributed by atoms with Crippen LogP contribution < -0.4 is 15.8 Å². The number of nitrogens with two attached hydrogens (primary N) is 1. The lowest BCUT2D eigenvalue weighted by Crippen LogP contribution is -2.31. The minimum atomic E-state index is -0.245. The molecule has 0 spiro atoms. The Morgan fingerprint density at radius 3 is 2.83 bits per heavy atom. The van der Waals surface area contributed by atoms with Gasteiger partial charge in [-0.25, -0.2) is 0 Å². The zero-order valence-corrected chi connectivity index (χ0v) is 10.1. The number of amides is 1. The number of carbonyl (C=O) groups is 1. The van der Waals surface area contributed by atoms with Gasteiger partial charge >= 0.3 is 0 Å². The van der Waals surface area contributed by atoms with E-state index in [1.807, 2.05) is 0 Å². The molecule has 0 aliphatic rings. The van der Waals surface area contributed by atoms with Gasteiger partial charge in [0, 0.05) is 6.54 Å². The minimum absolute atomic E-state index is 0.0235. The molecule has 0 unspecified atom stereocenters. The van der Waals surface area contributed by atoms with Crippen molar-refractivity contribution in [1.82, 2.24) is 5.32 Å². The number of benzene rings is 1. The Bertz CT molecular complexity index is 371. The molecule has 1 amide bonds. The highest BCUT2D eigenvalue weighted by atomic mass is 16.5. The van der Waals surface area contributed by atoms with E-state index in [-0.39, 0.29) is 25.7 Å². The summed E-state index contributed by atoms with van der Waals surface area (Å²) >= 11 is 0. The highest BCUT2D eigenvalue weighted by Gasteiger charge is 2.03. The Hall–Kier alpha value is -1.79. The molecule has 1 aromatic carbocycles. The van der Waals surface area contributed by atoms with Crippen LogP contribution in [0.2, 0.25) is 0 Å². The second kappa shape index (κ2) is 8.32. The number of ether oxygens (including phenoxy) is 2. The van der Waals surface area contributed by atoms with Gasteiger partial charge in [-0.3, -0.25) is 4.79 Å². The van der Waals surface area contributed by atoms with Crippen molar-refractivity contribution in [2.45, 2.75) is 0 Å². The van der Waals surface area contributed by atoms with Gasteiger partial charge in [0.2, 0.25) is 0 Å². The highest BCUT2D eigenvalue weighted by molar-refractivity contribution is 5.77. The van der Waals surface area contributed by atoms with Crippen LogP contribution in [0, 0.1) is 0 Å². The van der Waals surface area contributed by atoms with Gasteiger partial charge in [-0.05, 0) is 12.1 Å². The van der Waals surface area contributed by atoms with Crippen LogP contribution in [0.5, 0.6) is 5.75 Å². The maximum Gasteiger partial charge on any atom is 0.258 e. The first-order valence-electron chi connectivity index (χ1n) is 5.66. The first-order valence-corrected chi connectivity index (χ1v) is 5.66. The summed E-state index contributed by atoms with van der Waals surface area (Å²) in [4.78, 5) is 11.4. The van der Waals surface area contributed by atoms with Crippen molar-refractivity contribution in [3.05, 3.63) is 24.3 Å². The summed E-state index contributed by atoms with van der Waals surface area (Å²) in [6, 6.07) is 6.98. The Morgan fingerprint density at radius 2 is 2.11 bits per heavy atom. The van der Waals surface area contributed by atoms with Crippen LogP contribution >= 0.6 is 0 Å². The fraction of sp³-hybridized carbons (Fsp3) is 0.417. The van der Waals surface area contributed by atoms with Crippen LogP contribution in [0.4, 0.5) is 5.69 Å². The quantitative estimate of drug-likeness (QED) is 0.440. The van der Waals surface area contributed by atoms with Crippen LogP contribution in [0.15, 0.2) is 24.3 Å². The van der Waals surface area contributed by atoms with Gasteiger partial charge in [-0.2, -0.15) is 0 Å². The lowest BCUT2D eigenvalue weighted by atomic mass is 10.3. The third kappa shape index (κ3) is 5.51. The summed E-state index contributed by atoms with van der Waals surface area (Å²) in [6.45, 7) is 0.901. The van der Waals surface area contributed by atoms with Gasteiger partial charge in [0.1, 0.15) is 5.75 Å². The van der Waals surface area contributed by atoms with E-state index in [1.54, 1.807) is 24.3 Å². The van der Waals surface area contributed by atoms with E-state index in [0.29, 0.717) is 24.6 Å². The SMILES string of the molecule is Nc1ccccc1OCC(=O)NCCOCCO. The normalized spacial score (nSPS) is 10.1. The number of hydrogen-bond donors (Lipinski definition) is 3. The second-order valence-electron chi connectivity index (χ2n) is 3.51. The maximum absolute atomic E-state index is 11.4. The van der Waals surface area contributed by atoms with Crippen LogP contribution in [0.25, 0.3) is 0 Å². The Kier molecular flexibility index (Phi) is 6.60. The number of nitrogen functional groups attached to an aromatic ring is 1. The van der Waals surface area contributed by atoms with Gasteiger partial charge < -0.3 is 25.6 Å². The summed E-state index contributed by atoms with van der Waals surface area (Å²) in [5, 5.41) is 11.1. The largest absolute Gasteiger partial charge is 0.482 e. The van der Waals surface area contributed by atoms with Gasteiger partial charge in [-0.1, -0.05) is 12.1 Å². The van der Waals surface area contributed by atoms with E-state index in [4.69, 9.17) is 20.3 Å². The zero-order chi connectivity index (χ0) is 13.2. The van der Waals surface area contributed by atoms with E-state index in [9.17, 15) is 4.79 Å². The lowest BCUT2D eigenvalue weighted by molar-refractivity contribution is -0.123. The predicted molar refractivity (Wildman–Crippen MR) is 67.3 cm³/mol. The molecule has 1 aromatic rings. The molecule has 0 saturated carbocycles. The van der Waals surface area contributed by atoms with E-state index >= 15 is 0 Å². The fourth-order valence-corrected chi connectivity index (χ4v) is 1.24. The topological polar surface area (TPSA) is 93.8 Å². The highest BCUT2D eigenvalue weighted by Crippen LogP contribution is 2.19. The molecule has 100 valence electrons. The Balaban J connectivity index is 2.15. The zero-order valence-electron chi connectivity index (χ0n) is 10.1. The molecular weight excluding hydrogens is 236 g/mol. The third-order valence-electron chi connectivity index (χ3n) is 2.08. The molecule has 6 nitrogen and oxygen atoms in total. The predicted octanol–water partition coefficient (Wildman–Crippen LogP) is -0.227. The second-order valence-corrected chi connectivity index (χ2v) is 3.51. The van der Waals surface area contributed by atoms with Crippen molar-refractivity contribution in [2.24, 2.45) is 0 Å². The van der Waals surface area contributed by atoms with Crippen molar-refractivity contribution in [1.29, 1.82) is 0 Å². The van der Waals surface area contributed by atoms with Crippen molar-refractivity contribution < 1.29 is 19.4 Å². The van der Waals surface area contributed by atoms with Gasteiger partial charge in [0.25, 0.3) is 5.91 Å². The summed E-state index contributed by atoms with van der Waals surface area (Å²) in [5.41, 5.74) is 6.16. The summed E-state index contributed by atoms with van der Waals surface area (Å²) in [6.07, 6.45) is 0. The molecule has 0 aliphatic carbocycles. The van der Waals surface area contributed by atoms with E-state index in [0.717, 1.165) is 0 Å². The van der Waals surface area contributed by atoms with Gasteiger partial charge in [0.05, 0.1) is 25.5 Å². The standard InChI is InChI=1S/C12H18N2O4/c13-10-3-1-2-4-11(10)18-9-12(16)14-5-7-17-8-6-15/h1-4,15H,5-9,13H2,(H,14,16). The molecule has 0 aliphatic heterocycles. The molecule has 0 radical (unpaired) electrons. The molecule has 1 rings (SSSR count). The van der Waals surface area contributed by atoms with E-state index in [1.165, 1.54) is 0 Å². The Labute approximate surface area is 106 Å². The van der Waals surface area contributed by atoms with Crippen molar-refractivity contribution in [2.75, 3.05) is 38.7 Å². The Morgan fingerprint density at radius 1 is 1.33 bits per heavy atom. The first kappa shape index (κ1) is 14.3. The summed E-state index contributed by atoms with van der Waals surface area (Å²) in [7, 11) is 0. The maximum atomic E-state index is 11.4. The lowest BCUT2D eigenvalue weighted by Gasteiger charge is -2.09. The first-order chi connectivity index (χ1) is 8.74.